The predicted octanol–water partition coefficient (Wildman–Crippen LogP) is 4.27. The van der Waals surface area contributed by atoms with E-state index in [9.17, 15) is 4.79 Å². The van der Waals surface area contributed by atoms with Crippen LogP contribution in [0.1, 0.15) is 90.4 Å². The fraction of sp³-hybridized carbons (Fsp3) is 0.750. The number of anilines is 1. The third kappa shape index (κ3) is 6.27. The predicted molar refractivity (Wildman–Crippen MR) is 106 cm³/mol. The minimum atomic E-state index is -0.537. The lowest BCUT2D eigenvalue weighted by molar-refractivity contribution is -0.155. The number of carbonyl (C=O) groups is 1. The quantitative estimate of drug-likeness (QED) is 0.640. The third-order valence-electron chi connectivity index (χ3n) is 5.24. The Labute approximate surface area is 170 Å². The van der Waals surface area contributed by atoms with Gasteiger partial charge in [0.05, 0.1) is 6.42 Å². The Bertz CT molecular complexity index is 789. The van der Waals surface area contributed by atoms with Crippen molar-refractivity contribution >= 4 is 11.8 Å². The fourth-order valence-corrected chi connectivity index (χ4v) is 3.87. The number of nitrogens with two attached hydrogens (primary N) is 1. The molecule has 0 unspecified atom stereocenters. The Kier molecular flexibility index (Phi) is 6.87. The van der Waals surface area contributed by atoms with Crippen molar-refractivity contribution in [3.05, 3.63) is 5.89 Å². The summed E-state index contributed by atoms with van der Waals surface area (Å²) < 4.78 is 15.5. The SMILES string of the molecule is CC(C)(C)OC(=O)C[C@@H](CCCC1CCCCC1)c1nc(-c2nonc2N)no1. The number of aromatic nitrogens is 4. The molecule has 1 atom stereocenters. The maximum Gasteiger partial charge on any atom is 0.307 e. The summed E-state index contributed by atoms with van der Waals surface area (Å²) in [6.07, 6.45) is 9.75. The lowest BCUT2D eigenvalue weighted by Gasteiger charge is -2.23. The molecule has 0 radical (unpaired) electrons. The maximum absolute atomic E-state index is 12.4. The Morgan fingerprint density at radius 2 is 1.97 bits per heavy atom. The van der Waals surface area contributed by atoms with Gasteiger partial charge in [-0.1, -0.05) is 50.1 Å². The molecule has 2 aromatic heterocycles. The van der Waals surface area contributed by atoms with Crippen molar-refractivity contribution in [2.45, 2.75) is 90.1 Å². The van der Waals surface area contributed by atoms with Gasteiger partial charge in [-0.25, -0.2) is 4.63 Å². The molecule has 0 amide bonds. The molecule has 1 fully saturated rings. The average Bonchev–Trinajstić information content (AvgIpc) is 3.29. The number of hydrogen-bond donors (Lipinski definition) is 1. The van der Waals surface area contributed by atoms with Gasteiger partial charge in [0.1, 0.15) is 5.60 Å². The second-order valence-electron chi connectivity index (χ2n) is 8.88. The molecule has 0 bridgehead atoms. The minimum absolute atomic E-state index is 0.0957. The Morgan fingerprint density at radius 3 is 2.62 bits per heavy atom. The van der Waals surface area contributed by atoms with E-state index in [1.165, 1.54) is 32.1 Å². The standard InChI is InChI=1S/C20H31N5O4/c1-20(2,3)27-15(26)12-14(11-7-10-13-8-5-4-6-9-13)19-22-18(25-28-19)16-17(21)24-29-23-16/h13-14H,4-12H2,1-3H3,(H2,21,24)/t14-/m1/s1. The van der Waals surface area contributed by atoms with Crippen LogP contribution in [0.5, 0.6) is 0 Å². The van der Waals surface area contributed by atoms with E-state index in [0.717, 1.165) is 25.2 Å². The molecule has 0 aliphatic heterocycles. The highest BCUT2D eigenvalue weighted by atomic mass is 16.6. The molecule has 1 saturated carbocycles. The van der Waals surface area contributed by atoms with Crippen LogP contribution in [-0.2, 0) is 9.53 Å². The van der Waals surface area contributed by atoms with E-state index in [0.29, 0.717) is 5.89 Å². The highest BCUT2D eigenvalue weighted by Crippen LogP contribution is 2.32. The third-order valence-corrected chi connectivity index (χ3v) is 5.24. The number of carbonyl (C=O) groups excluding carboxylic acids is 1. The topological polar surface area (TPSA) is 130 Å². The normalized spacial score (nSPS) is 16.7. The van der Waals surface area contributed by atoms with Crippen LogP contribution < -0.4 is 5.73 Å². The van der Waals surface area contributed by atoms with E-state index in [2.05, 4.69) is 25.1 Å². The number of esters is 1. The van der Waals surface area contributed by atoms with Crippen LogP contribution in [-0.4, -0.2) is 32.0 Å². The maximum atomic E-state index is 12.4. The average molecular weight is 405 g/mol. The highest BCUT2D eigenvalue weighted by molar-refractivity contribution is 5.71. The molecule has 0 spiro atoms. The van der Waals surface area contributed by atoms with Gasteiger partial charge >= 0.3 is 5.97 Å². The number of ether oxygens (including phenoxy) is 1. The molecule has 29 heavy (non-hydrogen) atoms. The summed E-state index contributed by atoms with van der Waals surface area (Å²) in [7, 11) is 0. The van der Waals surface area contributed by atoms with Crippen LogP contribution in [0.4, 0.5) is 5.82 Å². The zero-order valence-corrected chi connectivity index (χ0v) is 17.5. The molecule has 1 aliphatic rings. The first-order chi connectivity index (χ1) is 13.8. The molecule has 2 N–H and O–H groups in total. The van der Waals surface area contributed by atoms with Crippen LogP contribution in [0.15, 0.2) is 9.15 Å². The van der Waals surface area contributed by atoms with Gasteiger partial charge in [0.25, 0.3) is 0 Å². The first kappa shape index (κ1) is 21.3. The zero-order chi connectivity index (χ0) is 20.9. The zero-order valence-electron chi connectivity index (χ0n) is 17.5. The number of rotatable bonds is 8. The molecule has 9 heteroatoms. The van der Waals surface area contributed by atoms with Crippen LogP contribution in [0.25, 0.3) is 11.5 Å². The van der Waals surface area contributed by atoms with Gasteiger partial charge in [-0.05, 0) is 43.4 Å². The molecule has 160 valence electrons. The lowest BCUT2D eigenvalue weighted by Crippen LogP contribution is -2.25. The van der Waals surface area contributed by atoms with Crippen molar-refractivity contribution in [3.8, 4) is 11.5 Å². The second-order valence-corrected chi connectivity index (χ2v) is 8.88. The van der Waals surface area contributed by atoms with Crippen LogP contribution >= 0.6 is 0 Å². The summed E-state index contributed by atoms with van der Waals surface area (Å²) in [6.45, 7) is 5.57. The van der Waals surface area contributed by atoms with Gasteiger partial charge in [-0.15, -0.1) is 0 Å². The summed E-state index contributed by atoms with van der Waals surface area (Å²) >= 11 is 0. The fourth-order valence-electron chi connectivity index (χ4n) is 3.87. The number of hydrogen-bond acceptors (Lipinski definition) is 9. The van der Waals surface area contributed by atoms with Gasteiger partial charge < -0.3 is 15.0 Å². The first-order valence-corrected chi connectivity index (χ1v) is 10.5. The summed E-state index contributed by atoms with van der Waals surface area (Å²) in [6, 6.07) is 0. The van der Waals surface area contributed by atoms with Crippen molar-refractivity contribution in [2.24, 2.45) is 5.92 Å². The smallest absolute Gasteiger partial charge is 0.307 e. The molecule has 9 nitrogen and oxygen atoms in total. The lowest BCUT2D eigenvalue weighted by atomic mass is 9.84. The highest BCUT2D eigenvalue weighted by Gasteiger charge is 2.27. The summed E-state index contributed by atoms with van der Waals surface area (Å²) in [5, 5.41) is 11.2. The largest absolute Gasteiger partial charge is 0.460 e. The van der Waals surface area contributed by atoms with E-state index in [-0.39, 0.29) is 35.6 Å². The van der Waals surface area contributed by atoms with Gasteiger partial charge in [-0.3, -0.25) is 4.79 Å². The van der Waals surface area contributed by atoms with Crippen molar-refractivity contribution < 1.29 is 18.7 Å². The Morgan fingerprint density at radius 1 is 1.21 bits per heavy atom. The summed E-state index contributed by atoms with van der Waals surface area (Å²) in [5.74, 6) is 0.985. The number of nitrogens with zero attached hydrogens (tertiary/aromatic N) is 4. The minimum Gasteiger partial charge on any atom is -0.460 e. The van der Waals surface area contributed by atoms with E-state index in [4.69, 9.17) is 15.0 Å². The Balaban J connectivity index is 1.67. The molecule has 2 heterocycles. The molecular formula is C20H31N5O4. The van der Waals surface area contributed by atoms with Crippen LogP contribution in [0.3, 0.4) is 0 Å². The van der Waals surface area contributed by atoms with Crippen molar-refractivity contribution in [2.75, 3.05) is 5.73 Å². The van der Waals surface area contributed by atoms with Gasteiger partial charge in [0.2, 0.25) is 11.7 Å². The summed E-state index contributed by atoms with van der Waals surface area (Å²) in [4.78, 5) is 16.8. The van der Waals surface area contributed by atoms with Gasteiger partial charge in [0.15, 0.2) is 11.5 Å². The molecule has 1 aliphatic carbocycles. The molecule has 0 aromatic carbocycles. The van der Waals surface area contributed by atoms with E-state index < -0.39 is 5.60 Å². The summed E-state index contributed by atoms with van der Waals surface area (Å²) in [5.41, 5.74) is 5.41. The van der Waals surface area contributed by atoms with Crippen LogP contribution in [0.2, 0.25) is 0 Å². The molecule has 2 aromatic rings. The van der Waals surface area contributed by atoms with E-state index >= 15 is 0 Å². The Hall–Kier alpha value is -2.45. The van der Waals surface area contributed by atoms with Crippen molar-refractivity contribution in [3.63, 3.8) is 0 Å². The monoisotopic (exact) mass is 405 g/mol. The van der Waals surface area contributed by atoms with E-state index in [1.807, 2.05) is 20.8 Å². The van der Waals surface area contributed by atoms with Gasteiger partial charge in [0, 0.05) is 5.92 Å². The molecule has 3 rings (SSSR count). The van der Waals surface area contributed by atoms with Crippen molar-refractivity contribution in [1.82, 2.24) is 20.5 Å². The van der Waals surface area contributed by atoms with Crippen LogP contribution in [0, 0.1) is 5.92 Å². The molecular weight excluding hydrogens is 374 g/mol. The van der Waals surface area contributed by atoms with Crippen molar-refractivity contribution in [1.29, 1.82) is 0 Å². The first-order valence-electron chi connectivity index (χ1n) is 10.5. The molecule has 0 saturated heterocycles. The number of nitrogen functional groups attached to an aromatic ring is 1. The van der Waals surface area contributed by atoms with E-state index in [1.54, 1.807) is 0 Å². The van der Waals surface area contributed by atoms with Gasteiger partial charge in [-0.2, -0.15) is 4.98 Å². The second kappa shape index (κ2) is 9.37.